The van der Waals surface area contributed by atoms with Gasteiger partial charge in [0.1, 0.15) is 5.82 Å². The van der Waals surface area contributed by atoms with Crippen molar-refractivity contribution in [3.63, 3.8) is 0 Å². The molecule has 1 aliphatic rings. The molecule has 3 rings (SSSR count). The van der Waals surface area contributed by atoms with Gasteiger partial charge in [-0.15, -0.1) is 0 Å². The maximum absolute atomic E-state index is 13.3. The summed E-state index contributed by atoms with van der Waals surface area (Å²) in [7, 11) is 0. The number of benzene rings is 1. The van der Waals surface area contributed by atoms with Crippen molar-refractivity contribution in [2.75, 3.05) is 36.8 Å². The van der Waals surface area contributed by atoms with Gasteiger partial charge in [0.05, 0.1) is 16.0 Å². The topological polar surface area (TPSA) is 53.5 Å². The van der Waals surface area contributed by atoms with Crippen LogP contribution in [-0.4, -0.2) is 52.8 Å². The zero-order valence-electron chi connectivity index (χ0n) is 12.6. The number of fused-ring (bicyclic) bond motifs is 1. The summed E-state index contributed by atoms with van der Waals surface area (Å²) in [5, 5.41) is 0.814. The second-order valence-corrected chi connectivity index (χ2v) is 7.42. The third-order valence-electron chi connectivity index (χ3n) is 3.64. The molecule has 1 amide bonds. The molecular weight excluding hydrogens is 337 g/mol. The van der Waals surface area contributed by atoms with Gasteiger partial charge in [-0.1, -0.05) is 23.1 Å². The van der Waals surface area contributed by atoms with Gasteiger partial charge in [-0.05, 0) is 18.2 Å². The second-order valence-electron chi connectivity index (χ2n) is 5.26. The van der Waals surface area contributed by atoms with E-state index in [1.54, 1.807) is 11.0 Å². The van der Waals surface area contributed by atoms with Crippen LogP contribution in [0, 0.1) is 5.82 Å². The van der Waals surface area contributed by atoms with Crippen LogP contribution in [0.2, 0.25) is 0 Å². The van der Waals surface area contributed by atoms with Crippen LogP contribution >= 0.6 is 23.1 Å². The maximum atomic E-state index is 13.3. The van der Waals surface area contributed by atoms with E-state index in [9.17, 15) is 14.0 Å². The summed E-state index contributed by atoms with van der Waals surface area (Å²) >= 11 is 2.51. The van der Waals surface area contributed by atoms with Crippen molar-refractivity contribution in [1.82, 2.24) is 9.88 Å². The molecule has 0 unspecified atom stereocenters. The molecule has 2 aromatic rings. The van der Waals surface area contributed by atoms with Gasteiger partial charge >= 0.3 is 0 Å². The van der Waals surface area contributed by atoms with Crippen LogP contribution in [0.25, 0.3) is 10.2 Å². The van der Waals surface area contributed by atoms with E-state index in [0.717, 1.165) is 27.1 Å². The molecule has 0 N–H and O–H groups in total. The molecule has 0 bridgehead atoms. The molecule has 122 valence electrons. The highest BCUT2D eigenvalue weighted by atomic mass is 32.2. The molecule has 8 heteroatoms. The Bertz CT molecular complexity index is 741. The highest BCUT2D eigenvalue weighted by Gasteiger charge is 2.23. The van der Waals surface area contributed by atoms with Crippen molar-refractivity contribution < 1.29 is 14.0 Å². The SMILES string of the molecule is CC(=O)SCC(=O)N1CCN(c2nc3ccc(F)cc3s2)CC1. The zero-order chi connectivity index (χ0) is 16.4. The summed E-state index contributed by atoms with van der Waals surface area (Å²) in [5.74, 6) is -0.0576. The Kier molecular flexibility index (Phi) is 4.82. The molecule has 0 aliphatic carbocycles. The highest BCUT2D eigenvalue weighted by molar-refractivity contribution is 8.14. The first-order chi connectivity index (χ1) is 11.0. The number of piperazine rings is 1. The van der Waals surface area contributed by atoms with Gasteiger partial charge in [0.2, 0.25) is 5.91 Å². The lowest BCUT2D eigenvalue weighted by molar-refractivity contribution is -0.128. The number of amides is 1. The van der Waals surface area contributed by atoms with Crippen LogP contribution in [0.15, 0.2) is 18.2 Å². The average Bonchev–Trinajstić information content (AvgIpc) is 2.95. The van der Waals surface area contributed by atoms with E-state index >= 15 is 0 Å². The van der Waals surface area contributed by atoms with E-state index in [-0.39, 0.29) is 22.6 Å². The number of hydrogen-bond donors (Lipinski definition) is 0. The van der Waals surface area contributed by atoms with Gasteiger partial charge in [-0.25, -0.2) is 9.37 Å². The lowest BCUT2D eigenvalue weighted by atomic mass is 10.3. The third-order valence-corrected chi connectivity index (χ3v) is 5.52. The largest absolute Gasteiger partial charge is 0.345 e. The number of nitrogens with zero attached hydrogens (tertiary/aromatic N) is 3. The van der Waals surface area contributed by atoms with E-state index in [1.165, 1.54) is 30.4 Å². The lowest BCUT2D eigenvalue weighted by Crippen LogP contribution is -2.49. The number of aromatic nitrogens is 1. The maximum Gasteiger partial charge on any atom is 0.233 e. The predicted molar refractivity (Wildman–Crippen MR) is 91.5 cm³/mol. The molecule has 0 saturated carbocycles. The predicted octanol–water partition coefficient (Wildman–Crippen LogP) is 2.36. The Labute approximate surface area is 141 Å². The fourth-order valence-corrected chi connectivity index (χ4v) is 3.97. The Morgan fingerprint density at radius 2 is 2.04 bits per heavy atom. The Morgan fingerprint density at radius 3 is 2.74 bits per heavy atom. The number of anilines is 1. The standard InChI is InChI=1S/C15H16FN3O2S2/c1-10(20)22-9-14(21)18-4-6-19(7-5-18)15-17-12-3-2-11(16)8-13(12)23-15/h2-3,8H,4-7,9H2,1H3. The summed E-state index contributed by atoms with van der Waals surface area (Å²) in [6, 6.07) is 4.59. The zero-order valence-corrected chi connectivity index (χ0v) is 14.3. The van der Waals surface area contributed by atoms with Gasteiger partial charge in [0.25, 0.3) is 0 Å². The normalized spacial score (nSPS) is 15.2. The van der Waals surface area contributed by atoms with Crippen molar-refractivity contribution >= 4 is 49.5 Å². The smallest absolute Gasteiger partial charge is 0.233 e. The van der Waals surface area contributed by atoms with Crippen molar-refractivity contribution in [2.24, 2.45) is 0 Å². The fourth-order valence-electron chi connectivity index (χ4n) is 2.42. The molecule has 1 aliphatic heterocycles. The molecule has 0 atom stereocenters. The van der Waals surface area contributed by atoms with E-state index < -0.39 is 0 Å². The summed E-state index contributed by atoms with van der Waals surface area (Å²) in [6.07, 6.45) is 0. The van der Waals surface area contributed by atoms with Gasteiger partial charge < -0.3 is 9.80 Å². The first-order valence-corrected chi connectivity index (χ1v) is 9.05. The van der Waals surface area contributed by atoms with Gasteiger partial charge in [0.15, 0.2) is 10.2 Å². The van der Waals surface area contributed by atoms with Crippen molar-refractivity contribution in [3.05, 3.63) is 24.0 Å². The Morgan fingerprint density at radius 1 is 1.30 bits per heavy atom. The monoisotopic (exact) mass is 353 g/mol. The first-order valence-electron chi connectivity index (χ1n) is 7.25. The number of halogens is 1. The number of carbonyl (C=O) groups excluding carboxylic acids is 2. The van der Waals surface area contributed by atoms with E-state index in [0.29, 0.717) is 26.2 Å². The molecular formula is C15H16FN3O2S2. The molecule has 1 fully saturated rings. The van der Waals surface area contributed by atoms with E-state index in [4.69, 9.17) is 0 Å². The van der Waals surface area contributed by atoms with E-state index in [2.05, 4.69) is 9.88 Å². The average molecular weight is 353 g/mol. The molecule has 1 aromatic carbocycles. The van der Waals surface area contributed by atoms with Crippen molar-refractivity contribution in [2.45, 2.75) is 6.92 Å². The molecule has 23 heavy (non-hydrogen) atoms. The Hall–Kier alpha value is -1.67. The third kappa shape index (κ3) is 3.81. The molecule has 0 radical (unpaired) electrons. The van der Waals surface area contributed by atoms with Crippen LogP contribution in [0.4, 0.5) is 9.52 Å². The van der Waals surface area contributed by atoms with Gasteiger partial charge in [-0.2, -0.15) is 0 Å². The molecule has 1 saturated heterocycles. The van der Waals surface area contributed by atoms with Crippen molar-refractivity contribution in [1.29, 1.82) is 0 Å². The lowest BCUT2D eigenvalue weighted by Gasteiger charge is -2.34. The molecule has 1 aromatic heterocycles. The highest BCUT2D eigenvalue weighted by Crippen LogP contribution is 2.29. The summed E-state index contributed by atoms with van der Waals surface area (Å²) in [5.41, 5.74) is 0.794. The summed E-state index contributed by atoms with van der Waals surface area (Å²) in [6.45, 7) is 4.08. The van der Waals surface area contributed by atoms with Crippen LogP contribution in [-0.2, 0) is 9.59 Å². The van der Waals surface area contributed by atoms with Crippen LogP contribution < -0.4 is 4.90 Å². The number of thioether (sulfide) groups is 1. The quantitative estimate of drug-likeness (QED) is 0.848. The molecule has 0 spiro atoms. The summed E-state index contributed by atoms with van der Waals surface area (Å²) in [4.78, 5) is 31.4. The fraction of sp³-hybridized carbons (Fsp3) is 0.400. The van der Waals surface area contributed by atoms with Gasteiger partial charge in [0, 0.05) is 33.1 Å². The van der Waals surface area contributed by atoms with Crippen LogP contribution in [0.3, 0.4) is 0 Å². The van der Waals surface area contributed by atoms with Crippen LogP contribution in [0.5, 0.6) is 0 Å². The number of carbonyl (C=O) groups is 2. The minimum absolute atomic E-state index is 0.00350. The molecule has 5 nitrogen and oxygen atoms in total. The number of rotatable bonds is 3. The molecule has 2 heterocycles. The van der Waals surface area contributed by atoms with Crippen LogP contribution in [0.1, 0.15) is 6.92 Å². The minimum Gasteiger partial charge on any atom is -0.345 e. The first kappa shape index (κ1) is 16.2. The van der Waals surface area contributed by atoms with E-state index in [1.807, 2.05) is 0 Å². The second kappa shape index (κ2) is 6.84. The van der Waals surface area contributed by atoms with Gasteiger partial charge in [-0.3, -0.25) is 9.59 Å². The minimum atomic E-state index is -0.258. The Balaban J connectivity index is 1.61. The number of hydrogen-bond acceptors (Lipinski definition) is 6. The van der Waals surface area contributed by atoms with Crippen molar-refractivity contribution in [3.8, 4) is 0 Å². The number of thiazole rings is 1. The summed E-state index contributed by atoms with van der Waals surface area (Å²) < 4.78 is 14.1.